The van der Waals surface area contributed by atoms with E-state index in [1.807, 2.05) is 0 Å². The molecule has 2 aliphatic heterocycles. The van der Waals surface area contributed by atoms with E-state index in [-0.39, 0.29) is 5.60 Å². The first-order valence-electron chi connectivity index (χ1n) is 6.37. The van der Waals surface area contributed by atoms with Crippen molar-refractivity contribution in [3.05, 3.63) is 0 Å². The largest absolute Gasteiger partial charge is 0.388 e. The summed E-state index contributed by atoms with van der Waals surface area (Å²) in [6, 6.07) is 0.472. The summed E-state index contributed by atoms with van der Waals surface area (Å²) in [5.41, 5.74) is -0.0223. The van der Waals surface area contributed by atoms with Gasteiger partial charge in [-0.3, -0.25) is 4.90 Å². The summed E-state index contributed by atoms with van der Waals surface area (Å²) in [4.78, 5) is 2.49. The Morgan fingerprint density at radius 2 is 2.07 bits per heavy atom. The molecule has 0 radical (unpaired) electrons. The fourth-order valence-electron chi connectivity index (χ4n) is 3.09. The molecule has 0 bridgehead atoms. The Bertz CT molecular complexity index is 233. The van der Waals surface area contributed by atoms with Gasteiger partial charge in [-0.25, -0.2) is 0 Å². The van der Waals surface area contributed by atoms with E-state index in [1.54, 1.807) is 0 Å². The van der Waals surface area contributed by atoms with Gasteiger partial charge in [0.1, 0.15) is 0 Å². The van der Waals surface area contributed by atoms with Crippen LogP contribution in [0.3, 0.4) is 0 Å². The highest BCUT2D eigenvalue weighted by Gasteiger charge is 2.47. The summed E-state index contributed by atoms with van der Waals surface area (Å²) < 4.78 is 0. The molecular formula is C13H25NO. The molecule has 2 nitrogen and oxygen atoms in total. The minimum atomic E-state index is -0.371. The van der Waals surface area contributed by atoms with Crippen molar-refractivity contribution >= 4 is 0 Å². The smallest absolute Gasteiger partial charge is 0.0814 e. The van der Waals surface area contributed by atoms with Crippen molar-refractivity contribution in [2.24, 2.45) is 5.41 Å². The molecule has 2 heterocycles. The number of hydrogen-bond acceptors (Lipinski definition) is 2. The second-order valence-corrected chi connectivity index (χ2v) is 6.61. The number of fused-ring (bicyclic) bond motifs is 1. The molecule has 1 N–H and O–H groups in total. The predicted octanol–water partition coefficient (Wildman–Crippen LogP) is 2.41. The van der Waals surface area contributed by atoms with E-state index in [1.165, 1.54) is 19.4 Å². The van der Waals surface area contributed by atoms with Crippen LogP contribution in [0.5, 0.6) is 0 Å². The maximum Gasteiger partial charge on any atom is 0.0814 e. The van der Waals surface area contributed by atoms with Gasteiger partial charge in [-0.15, -0.1) is 0 Å². The van der Waals surface area contributed by atoms with Crippen LogP contribution >= 0.6 is 0 Å². The van der Waals surface area contributed by atoms with Crippen LogP contribution in [0.4, 0.5) is 0 Å². The Kier molecular flexibility index (Phi) is 2.85. The van der Waals surface area contributed by atoms with Crippen LogP contribution in [0, 0.1) is 5.41 Å². The van der Waals surface area contributed by atoms with Crippen molar-refractivity contribution < 1.29 is 5.11 Å². The minimum absolute atomic E-state index is 0.349. The molecule has 2 rings (SSSR count). The van der Waals surface area contributed by atoms with Gasteiger partial charge >= 0.3 is 0 Å². The molecular weight excluding hydrogens is 186 g/mol. The molecule has 2 aliphatic rings. The minimum Gasteiger partial charge on any atom is -0.388 e. The molecule has 2 atom stereocenters. The molecule has 15 heavy (non-hydrogen) atoms. The number of nitrogens with zero attached hydrogens (tertiary/aromatic N) is 1. The van der Waals surface area contributed by atoms with Gasteiger partial charge < -0.3 is 5.11 Å². The van der Waals surface area contributed by atoms with Crippen LogP contribution in [0.1, 0.15) is 52.9 Å². The highest BCUT2D eigenvalue weighted by atomic mass is 16.3. The summed E-state index contributed by atoms with van der Waals surface area (Å²) in [5, 5.41) is 10.7. The van der Waals surface area contributed by atoms with Crippen molar-refractivity contribution in [2.45, 2.75) is 64.5 Å². The highest BCUT2D eigenvalue weighted by molar-refractivity contribution is 5.02. The molecule has 2 unspecified atom stereocenters. The molecule has 2 saturated heterocycles. The van der Waals surface area contributed by atoms with E-state index < -0.39 is 0 Å². The Hall–Kier alpha value is -0.0800. The molecule has 2 heteroatoms. The predicted molar refractivity (Wildman–Crippen MR) is 62.9 cm³/mol. The Balaban J connectivity index is 1.95. The van der Waals surface area contributed by atoms with E-state index >= 15 is 0 Å². The van der Waals surface area contributed by atoms with Crippen LogP contribution in [-0.2, 0) is 0 Å². The maximum atomic E-state index is 10.7. The van der Waals surface area contributed by atoms with Gasteiger partial charge in [0, 0.05) is 12.6 Å². The third-order valence-corrected chi connectivity index (χ3v) is 4.12. The molecule has 0 amide bonds. The summed E-state index contributed by atoms with van der Waals surface area (Å²) in [6.07, 6.45) is 5.60. The zero-order chi connectivity index (χ0) is 11.1. The second kappa shape index (κ2) is 3.74. The van der Waals surface area contributed by atoms with Gasteiger partial charge in [-0.1, -0.05) is 20.8 Å². The molecule has 0 aromatic rings. The lowest BCUT2D eigenvalue weighted by Gasteiger charge is -2.32. The highest BCUT2D eigenvalue weighted by Crippen LogP contribution is 2.40. The zero-order valence-corrected chi connectivity index (χ0v) is 10.4. The summed E-state index contributed by atoms with van der Waals surface area (Å²) in [6.45, 7) is 9.11. The molecule has 0 spiro atoms. The number of rotatable bonds is 2. The van der Waals surface area contributed by atoms with E-state index in [0.29, 0.717) is 11.5 Å². The average Bonchev–Trinajstić information content (AvgIpc) is 2.67. The van der Waals surface area contributed by atoms with Gasteiger partial charge in [0.2, 0.25) is 0 Å². The van der Waals surface area contributed by atoms with Crippen molar-refractivity contribution in [3.63, 3.8) is 0 Å². The van der Waals surface area contributed by atoms with Crippen molar-refractivity contribution in [1.29, 1.82) is 0 Å². The first-order valence-corrected chi connectivity index (χ1v) is 6.37. The van der Waals surface area contributed by atoms with E-state index in [0.717, 1.165) is 25.8 Å². The summed E-state index contributed by atoms with van der Waals surface area (Å²) >= 11 is 0. The van der Waals surface area contributed by atoms with Crippen LogP contribution in [-0.4, -0.2) is 34.7 Å². The maximum absolute atomic E-state index is 10.7. The van der Waals surface area contributed by atoms with E-state index in [9.17, 15) is 5.11 Å². The topological polar surface area (TPSA) is 23.5 Å². The van der Waals surface area contributed by atoms with E-state index in [2.05, 4.69) is 25.7 Å². The monoisotopic (exact) mass is 211 g/mol. The Morgan fingerprint density at radius 3 is 2.73 bits per heavy atom. The molecule has 0 aromatic carbocycles. The van der Waals surface area contributed by atoms with Crippen LogP contribution < -0.4 is 0 Å². The lowest BCUT2D eigenvalue weighted by molar-refractivity contribution is -0.00300. The lowest BCUT2D eigenvalue weighted by atomic mass is 9.81. The molecule has 0 saturated carbocycles. The Morgan fingerprint density at radius 1 is 1.33 bits per heavy atom. The molecule has 88 valence electrons. The van der Waals surface area contributed by atoms with Gasteiger partial charge in [0.15, 0.2) is 0 Å². The van der Waals surface area contributed by atoms with Crippen molar-refractivity contribution in [3.8, 4) is 0 Å². The fourth-order valence-corrected chi connectivity index (χ4v) is 3.09. The van der Waals surface area contributed by atoms with E-state index in [4.69, 9.17) is 0 Å². The first-order chi connectivity index (χ1) is 6.91. The van der Waals surface area contributed by atoms with Gasteiger partial charge in [-0.2, -0.15) is 0 Å². The zero-order valence-electron chi connectivity index (χ0n) is 10.4. The quantitative estimate of drug-likeness (QED) is 0.758. The third-order valence-electron chi connectivity index (χ3n) is 4.12. The van der Waals surface area contributed by atoms with Crippen LogP contribution in [0.25, 0.3) is 0 Å². The first kappa shape index (κ1) is 11.4. The van der Waals surface area contributed by atoms with Crippen LogP contribution in [0.2, 0.25) is 0 Å². The van der Waals surface area contributed by atoms with Gasteiger partial charge in [0.05, 0.1) is 5.60 Å². The Labute approximate surface area is 93.7 Å². The molecule has 0 aromatic heterocycles. The summed E-state index contributed by atoms with van der Waals surface area (Å²) in [5.74, 6) is 0. The molecule has 0 aliphatic carbocycles. The van der Waals surface area contributed by atoms with Crippen molar-refractivity contribution in [1.82, 2.24) is 4.90 Å². The van der Waals surface area contributed by atoms with Gasteiger partial charge in [0.25, 0.3) is 0 Å². The average molecular weight is 211 g/mol. The van der Waals surface area contributed by atoms with Gasteiger partial charge in [-0.05, 0) is 44.1 Å². The second-order valence-electron chi connectivity index (χ2n) is 6.61. The third kappa shape index (κ3) is 2.36. The van der Waals surface area contributed by atoms with Crippen molar-refractivity contribution in [2.75, 3.05) is 13.1 Å². The standard InChI is InChI=1S/C13H25NO/c1-12(2,3)6-7-13(15)8-10-14-9-4-5-11(13)14/h11,15H,4-10H2,1-3H3. The number of aliphatic hydroxyl groups is 1. The summed E-state index contributed by atoms with van der Waals surface area (Å²) in [7, 11) is 0. The lowest BCUT2D eigenvalue weighted by Crippen LogP contribution is -2.41. The SMILES string of the molecule is CC(C)(C)CCC1(O)CCN2CCCC21. The fraction of sp³-hybridized carbons (Fsp3) is 1.00. The van der Waals surface area contributed by atoms with Crippen LogP contribution in [0.15, 0.2) is 0 Å². The number of hydrogen-bond donors (Lipinski definition) is 1. The molecule has 2 fully saturated rings. The normalized spacial score (nSPS) is 37.2.